The third-order valence-corrected chi connectivity index (χ3v) is 4.20. The number of nitrogens with zero attached hydrogens (tertiary/aromatic N) is 3. The Morgan fingerprint density at radius 3 is 2.41 bits per heavy atom. The Hall–Kier alpha value is -3.62. The SMILES string of the molecule is Cc1cc([N+](=O)[O-])cnc1NC(=O)CCCN1C(=O)c2ccccc2C1=O. The number of hydrogen-bond donors (Lipinski definition) is 1. The second kappa shape index (κ2) is 7.32. The van der Waals surface area contributed by atoms with Gasteiger partial charge in [-0.3, -0.25) is 29.4 Å². The summed E-state index contributed by atoms with van der Waals surface area (Å²) in [6.45, 7) is 1.74. The van der Waals surface area contributed by atoms with Crippen LogP contribution in [0.5, 0.6) is 0 Å². The molecule has 2 aromatic rings. The lowest BCUT2D eigenvalue weighted by Gasteiger charge is -2.13. The summed E-state index contributed by atoms with van der Waals surface area (Å²) in [5.41, 5.74) is 1.06. The highest BCUT2D eigenvalue weighted by atomic mass is 16.6. The number of hydrogen-bond acceptors (Lipinski definition) is 6. The number of carbonyl (C=O) groups is 3. The zero-order valence-corrected chi connectivity index (χ0v) is 14.5. The molecule has 0 fully saturated rings. The van der Waals surface area contributed by atoms with Crippen molar-refractivity contribution >= 4 is 29.2 Å². The maximum Gasteiger partial charge on any atom is 0.287 e. The quantitative estimate of drug-likeness (QED) is 0.474. The second-order valence-electron chi connectivity index (χ2n) is 6.08. The molecule has 0 saturated heterocycles. The van der Waals surface area contributed by atoms with Crippen molar-refractivity contribution in [2.75, 3.05) is 11.9 Å². The molecule has 1 aliphatic heterocycles. The number of rotatable bonds is 6. The van der Waals surface area contributed by atoms with E-state index in [1.54, 1.807) is 31.2 Å². The van der Waals surface area contributed by atoms with Crippen LogP contribution in [-0.2, 0) is 4.79 Å². The standard InChI is InChI=1S/C18H16N4O5/c1-11-9-12(22(26)27)10-19-16(11)20-15(23)7-4-8-21-17(24)13-5-2-3-6-14(13)18(21)25/h2-3,5-6,9-10H,4,7-8H2,1H3,(H,19,20,23). The van der Waals surface area contributed by atoms with Gasteiger partial charge in [-0.15, -0.1) is 0 Å². The minimum atomic E-state index is -0.562. The molecule has 0 atom stereocenters. The molecule has 0 radical (unpaired) electrons. The fourth-order valence-electron chi connectivity index (χ4n) is 2.83. The monoisotopic (exact) mass is 368 g/mol. The van der Waals surface area contributed by atoms with Gasteiger partial charge in [0.1, 0.15) is 12.0 Å². The number of benzene rings is 1. The van der Waals surface area contributed by atoms with Gasteiger partial charge in [-0.05, 0) is 31.0 Å². The summed E-state index contributed by atoms with van der Waals surface area (Å²) >= 11 is 0. The van der Waals surface area contributed by atoms with Crippen LogP contribution >= 0.6 is 0 Å². The second-order valence-corrected chi connectivity index (χ2v) is 6.08. The third kappa shape index (κ3) is 3.66. The van der Waals surface area contributed by atoms with E-state index in [1.807, 2.05) is 0 Å². The van der Waals surface area contributed by atoms with Crippen LogP contribution in [0.4, 0.5) is 11.5 Å². The summed E-state index contributed by atoms with van der Waals surface area (Å²) in [4.78, 5) is 51.7. The summed E-state index contributed by atoms with van der Waals surface area (Å²) in [5, 5.41) is 13.3. The Morgan fingerprint density at radius 2 is 1.85 bits per heavy atom. The fourth-order valence-corrected chi connectivity index (χ4v) is 2.83. The Kier molecular flexibility index (Phi) is 4.93. The van der Waals surface area contributed by atoms with Gasteiger partial charge < -0.3 is 5.32 Å². The summed E-state index contributed by atoms with van der Waals surface area (Å²) in [7, 11) is 0. The number of fused-ring (bicyclic) bond motifs is 1. The number of nitrogens with one attached hydrogen (secondary N) is 1. The lowest BCUT2D eigenvalue weighted by Crippen LogP contribution is -2.31. The van der Waals surface area contributed by atoms with Crippen molar-refractivity contribution in [3.8, 4) is 0 Å². The molecule has 27 heavy (non-hydrogen) atoms. The molecule has 1 aromatic carbocycles. The topological polar surface area (TPSA) is 123 Å². The van der Waals surface area contributed by atoms with Crippen LogP contribution in [0.3, 0.4) is 0 Å². The van der Waals surface area contributed by atoms with Crippen LogP contribution < -0.4 is 5.32 Å². The molecule has 138 valence electrons. The average molecular weight is 368 g/mol. The molecule has 0 unspecified atom stereocenters. The predicted molar refractivity (Wildman–Crippen MR) is 95.3 cm³/mol. The fraction of sp³-hybridized carbons (Fsp3) is 0.222. The summed E-state index contributed by atoms with van der Waals surface area (Å²) in [6.07, 6.45) is 1.44. The van der Waals surface area contributed by atoms with E-state index < -0.39 is 4.92 Å². The molecule has 9 heteroatoms. The molecule has 1 N–H and O–H groups in total. The molecular weight excluding hydrogens is 352 g/mol. The van der Waals surface area contributed by atoms with Crippen LogP contribution in [0.15, 0.2) is 36.5 Å². The molecule has 1 aromatic heterocycles. The maximum absolute atomic E-state index is 12.2. The van der Waals surface area contributed by atoms with Crippen molar-refractivity contribution in [1.29, 1.82) is 0 Å². The van der Waals surface area contributed by atoms with E-state index in [2.05, 4.69) is 10.3 Å². The number of aromatic nitrogens is 1. The average Bonchev–Trinajstić information content (AvgIpc) is 2.88. The van der Waals surface area contributed by atoms with Gasteiger partial charge in [-0.25, -0.2) is 4.98 Å². The van der Waals surface area contributed by atoms with Gasteiger partial charge in [0.2, 0.25) is 5.91 Å². The molecular formula is C18H16N4O5. The number of nitro groups is 1. The lowest BCUT2D eigenvalue weighted by atomic mass is 10.1. The Morgan fingerprint density at radius 1 is 1.22 bits per heavy atom. The minimum absolute atomic E-state index is 0.0749. The van der Waals surface area contributed by atoms with E-state index in [1.165, 1.54) is 6.07 Å². The van der Waals surface area contributed by atoms with Gasteiger partial charge in [0.05, 0.1) is 16.1 Å². The highest BCUT2D eigenvalue weighted by Crippen LogP contribution is 2.23. The summed E-state index contributed by atoms with van der Waals surface area (Å²) in [5.74, 6) is -0.824. The zero-order chi connectivity index (χ0) is 19.6. The molecule has 0 saturated carbocycles. The zero-order valence-electron chi connectivity index (χ0n) is 14.5. The molecule has 0 aliphatic carbocycles. The van der Waals surface area contributed by atoms with Crippen molar-refractivity contribution < 1.29 is 19.3 Å². The van der Waals surface area contributed by atoms with E-state index >= 15 is 0 Å². The van der Waals surface area contributed by atoms with Gasteiger partial charge >= 0.3 is 0 Å². The van der Waals surface area contributed by atoms with Crippen LogP contribution in [0.25, 0.3) is 0 Å². The van der Waals surface area contributed by atoms with Crippen molar-refractivity contribution in [3.05, 3.63) is 63.3 Å². The van der Waals surface area contributed by atoms with E-state index in [-0.39, 0.29) is 42.2 Å². The largest absolute Gasteiger partial charge is 0.310 e. The van der Waals surface area contributed by atoms with Crippen LogP contribution in [0.2, 0.25) is 0 Å². The molecule has 1 aliphatic rings. The van der Waals surface area contributed by atoms with Crippen LogP contribution in [0, 0.1) is 17.0 Å². The molecule has 0 spiro atoms. The number of imide groups is 1. The van der Waals surface area contributed by atoms with Gasteiger partial charge in [0, 0.05) is 19.0 Å². The van der Waals surface area contributed by atoms with Crippen molar-refractivity contribution in [3.63, 3.8) is 0 Å². The first kappa shape index (κ1) is 18.2. The molecule has 9 nitrogen and oxygen atoms in total. The number of carbonyl (C=O) groups excluding carboxylic acids is 3. The number of pyridine rings is 1. The summed E-state index contributed by atoms with van der Waals surface area (Å²) in [6, 6.07) is 7.92. The Labute approximate surface area is 154 Å². The number of amides is 3. The first-order valence-electron chi connectivity index (χ1n) is 8.24. The van der Waals surface area contributed by atoms with Crippen molar-refractivity contribution in [2.24, 2.45) is 0 Å². The first-order valence-corrected chi connectivity index (χ1v) is 8.24. The molecule has 2 heterocycles. The number of anilines is 1. The normalized spacial score (nSPS) is 12.9. The Balaban J connectivity index is 1.54. The van der Waals surface area contributed by atoms with Crippen molar-refractivity contribution in [2.45, 2.75) is 19.8 Å². The van der Waals surface area contributed by atoms with Crippen molar-refractivity contribution in [1.82, 2.24) is 9.88 Å². The third-order valence-electron chi connectivity index (χ3n) is 4.20. The van der Waals surface area contributed by atoms with E-state index in [0.717, 1.165) is 11.1 Å². The Bertz CT molecular complexity index is 922. The molecule has 3 rings (SSSR count). The van der Waals surface area contributed by atoms with Gasteiger partial charge in [-0.1, -0.05) is 12.1 Å². The minimum Gasteiger partial charge on any atom is -0.310 e. The van der Waals surface area contributed by atoms with Crippen LogP contribution in [0.1, 0.15) is 39.1 Å². The highest BCUT2D eigenvalue weighted by molar-refractivity contribution is 6.21. The van der Waals surface area contributed by atoms with Gasteiger partial charge in [0.25, 0.3) is 17.5 Å². The lowest BCUT2D eigenvalue weighted by molar-refractivity contribution is -0.385. The molecule has 3 amide bonds. The van der Waals surface area contributed by atoms with Gasteiger partial charge in [-0.2, -0.15) is 0 Å². The first-order chi connectivity index (χ1) is 12.9. The summed E-state index contributed by atoms with van der Waals surface area (Å²) < 4.78 is 0. The molecule has 0 bridgehead atoms. The van der Waals surface area contributed by atoms with E-state index in [9.17, 15) is 24.5 Å². The predicted octanol–water partition coefficient (Wildman–Crippen LogP) is 2.31. The van der Waals surface area contributed by atoms with E-state index in [4.69, 9.17) is 0 Å². The highest BCUT2D eigenvalue weighted by Gasteiger charge is 2.34. The van der Waals surface area contributed by atoms with Gasteiger partial charge in [0.15, 0.2) is 0 Å². The van der Waals surface area contributed by atoms with E-state index in [0.29, 0.717) is 23.1 Å². The van der Waals surface area contributed by atoms with Crippen LogP contribution in [-0.4, -0.2) is 39.1 Å². The maximum atomic E-state index is 12.2. The smallest absolute Gasteiger partial charge is 0.287 e. The number of aryl methyl sites for hydroxylation is 1.